The molecule has 0 saturated carbocycles. The van der Waals surface area contributed by atoms with E-state index < -0.39 is 11.4 Å². The SMILES string of the molecule is CC(C)(C)OC(=O)N1CCN2Cc3cc(OCCN4CCCCC4)c(Br)c(F)c3OC[C@H]2C1. The van der Waals surface area contributed by atoms with Gasteiger partial charge in [-0.3, -0.25) is 9.80 Å². The lowest BCUT2D eigenvalue weighted by atomic mass is 10.1. The number of benzene rings is 1. The average molecular weight is 528 g/mol. The molecule has 0 bridgehead atoms. The van der Waals surface area contributed by atoms with Crippen LogP contribution in [0.4, 0.5) is 9.18 Å². The van der Waals surface area contributed by atoms with Crippen molar-refractivity contribution in [3.63, 3.8) is 0 Å². The zero-order valence-electron chi connectivity index (χ0n) is 19.9. The van der Waals surface area contributed by atoms with E-state index in [2.05, 4.69) is 25.7 Å². The van der Waals surface area contributed by atoms with Gasteiger partial charge in [0.05, 0.1) is 10.5 Å². The van der Waals surface area contributed by atoms with Crippen LogP contribution in [0.5, 0.6) is 11.5 Å². The fourth-order valence-electron chi connectivity index (χ4n) is 4.63. The van der Waals surface area contributed by atoms with Crippen molar-refractivity contribution in [3.05, 3.63) is 21.9 Å². The highest BCUT2D eigenvalue weighted by Gasteiger charge is 2.35. The van der Waals surface area contributed by atoms with Crippen LogP contribution in [-0.4, -0.2) is 84.9 Å². The van der Waals surface area contributed by atoms with Crippen LogP contribution in [0.15, 0.2) is 10.5 Å². The molecule has 9 heteroatoms. The Morgan fingerprint density at radius 2 is 1.97 bits per heavy atom. The van der Waals surface area contributed by atoms with Gasteiger partial charge >= 0.3 is 6.09 Å². The molecule has 0 N–H and O–H groups in total. The predicted molar refractivity (Wildman–Crippen MR) is 127 cm³/mol. The first-order valence-corrected chi connectivity index (χ1v) is 12.7. The summed E-state index contributed by atoms with van der Waals surface area (Å²) in [6.07, 6.45) is 3.45. The van der Waals surface area contributed by atoms with Gasteiger partial charge in [0.15, 0.2) is 11.6 Å². The van der Waals surface area contributed by atoms with Crippen LogP contribution in [0.25, 0.3) is 0 Å². The highest BCUT2D eigenvalue weighted by Crippen LogP contribution is 2.39. The number of likely N-dealkylation sites (tertiary alicyclic amines) is 1. The van der Waals surface area contributed by atoms with Crippen LogP contribution in [0.1, 0.15) is 45.6 Å². The summed E-state index contributed by atoms with van der Waals surface area (Å²) < 4.78 is 32.9. The number of halogens is 2. The van der Waals surface area contributed by atoms with Gasteiger partial charge in [0.1, 0.15) is 24.6 Å². The molecule has 0 unspecified atom stereocenters. The molecule has 0 radical (unpaired) electrons. The van der Waals surface area contributed by atoms with Crippen LogP contribution < -0.4 is 9.47 Å². The zero-order valence-corrected chi connectivity index (χ0v) is 21.5. The topological polar surface area (TPSA) is 54.5 Å². The first-order chi connectivity index (χ1) is 15.7. The van der Waals surface area contributed by atoms with Gasteiger partial charge in [0.25, 0.3) is 0 Å². The van der Waals surface area contributed by atoms with Crippen LogP contribution >= 0.6 is 15.9 Å². The standard InChI is InChI=1S/C24H35BrFN3O4/c1-24(2,3)33-23(30)29-10-9-28-14-17-13-19(31-12-11-27-7-5-4-6-8-27)20(25)21(26)22(17)32-16-18(28)15-29/h13,18H,4-12,14-16H2,1-3H3/t18-/m1/s1. The molecule has 0 spiro atoms. The fraction of sp³-hybridized carbons (Fsp3) is 0.708. The van der Waals surface area contributed by atoms with Crippen molar-refractivity contribution in [3.8, 4) is 11.5 Å². The van der Waals surface area contributed by atoms with Crippen LogP contribution in [0, 0.1) is 5.82 Å². The monoisotopic (exact) mass is 527 g/mol. The van der Waals surface area contributed by atoms with E-state index in [0.29, 0.717) is 49.6 Å². The number of carbonyl (C=O) groups is 1. The van der Waals surface area contributed by atoms with Gasteiger partial charge in [-0.05, 0) is 68.7 Å². The Bertz CT molecular complexity index is 857. The van der Waals surface area contributed by atoms with Gasteiger partial charge in [-0.2, -0.15) is 0 Å². The minimum Gasteiger partial charge on any atom is -0.491 e. The van der Waals surface area contributed by atoms with Gasteiger partial charge in [-0.15, -0.1) is 0 Å². The number of hydrogen-bond donors (Lipinski definition) is 0. The molecular weight excluding hydrogens is 493 g/mol. The third kappa shape index (κ3) is 6.11. The number of nitrogens with zero attached hydrogens (tertiary/aromatic N) is 3. The molecule has 1 amide bonds. The third-order valence-corrected chi connectivity index (χ3v) is 7.11. The Morgan fingerprint density at radius 3 is 2.70 bits per heavy atom. The smallest absolute Gasteiger partial charge is 0.410 e. The van der Waals surface area contributed by atoms with E-state index in [1.807, 2.05) is 26.8 Å². The molecule has 0 aromatic heterocycles. The Labute approximate surface area is 204 Å². The van der Waals surface area contributed by atoms with Crippen molar-refractivity contribution in [1.82, 2.24) is 14.7 Å². The van der Waals surface area contributed by atoms with Gasteiger partial charge in [0.2, 0.25) is 0 Å². The van der Waals surface area contributed by atoms with E-state index in [9.17, 15) is 4.79 Å². The molecule has 1 atom stereocenters. The Hall–Kier alpha value is -1.58. The number of rotatable bonds is 4. The molecule has 2 saturated heterocycles. The lowest BCUT2D eigenvalue weighted by Gasteiger charge is -2.40. The summed E-state index contributed by atoms with van der Waals surface area (Å²) in [5, 5.41) is 0. The molecule has 33 heavy (non-hydrogen) atoms. The number of fused-ring (bicyclic) bond motifs is 2. The number of carbonyl (C=O) groups excluding carboxylic acids is 1. The highest BCUT2D eigenvalue weighted by atomic mass is 79.9. The molecule has 4 rings (SSSR count). The second-order valence-corrected chi connectivity index (χ2v) is 10.9. The van der Waals surface area contributed by atoms with Crippen molar-refractivity contribution < 1.29 is 23.4 Å². The van der Waals surface area contributed by atoms with Gasteiger partial charge in [-0.25, -0.2) is 9.18 Å². The van der Waals surface area contributed by atoms with Gasteiger partial charge in [0, 0.05) is 38.3 Å². The van der Waals surface area contributed by atoms with Crippen molar-refractivity contribution in [2.24, 2.45) is 0 Å². The molecule has 3 heterocycles. The molecule has 7 nitrogen and oxygen atoms in total. The van der Waals surface area contributed by atoms with E-state index in [0.717, 1.165) is 25.2 Å². The van der Waals surface area contributed by atoms with Crippen LogP contribution in [0.2, 0.25) is 0 Å². The maximum Gasteiger partial charge on any atom is 0.410 e. The summed E-state index contributed by atoms with van der Waals surface area (Å²) in [5.41, 5.74) is 0.237. The summed E-state index contributed by atoms with van der Waals surface area (Å²) >= 11 is 3.37. The maximum atomic E-state index is 15.2. The largest absolute Gasteiger partial charge is 0.491 e. The first-order valence-electron chi connectivity index (χ1n) is 11.9. The van der Waals surface area contributed by atoms with E-state index in [1.165, 1.54) is 19.3 Å². The van der Waals surface area contributed by atoms with Crippen LogP contribution in [-0.2, 0) is 11.3 Å². The van der Waals surface area contributed by atoms with E-state index >= 15 is 4.39 Å². The van der Waals surface area contributed by atoms with Crippen molar-refractivity contribution in [2.45, 2.75) is 58.2 Å². The molecule has 2 fully saturated rings. The Kier molecular flexibility index (Phi) is 7.70. The molecule has 0 aliphatic carbocycles. The van der Waals surface area contributed by atoms with E-state index in [4.69, 9.17) is 14.2 Å². The predicted octanol–water partition coefficient (Wildman–Crippen LogP) is 4.27. The third-order valence-electron chi connectivity index (χ3n) is 6.37. The van der Waals surface area contributed by atoms with Gasteiger partial charge < -0.3 is 19.1 Å². The minimum absolute atomic E-state index is 0.0275. The highest BCUT2D eigenvalue weighted by molar-refractivity contribution is 9.10. The second kappa shape index (κ2) is 10.4. The average Bonchev–Trinajstić information content (AvgIpc) is 2.95. The first kappa shape index (κ1) is 24.5. The molecule has 1 aromatic carbocycles. The van der Waals surface area contributed by atoms with Crippen molar-refractivity contribution in [1.29, 1.82) is 0 Å². The number of ether oxygens (including phenoxy) is 3. The minimum atomic E-state index is -0.537. The summed E-state index contributed by atoms with van der Waals surface area (Å²) in [4.78, 5) is 18.9. The van der Waals surface area contributed by atoms with Crippen molar-refractivity contribution >= 4 is 22.0 Å². The quantitative estimate of drug-likeness (QED) is 0.582. The number of amides is 1. The van der Waals surface area contributed by atoms with Crippen LogP contribution in [0.3, 0.4) is 0 Å². The van der Waals surface area contributed by atoms with E-state index in [1.54, 1.807) is 4.90 Å². The number of piperazine rings is 1. The zero-order chi connectivity index (χ0) is 23.6. The number of piperidine rings is 1. The molecule has 3 aliphatic rings. The summed E-state index contributed by atoms with van der Waals surface area (Å²) in [7, 11) is 0. The summed E-state index contributed by atoms with van der Waals surface area (Å²) in [6.45, 7) is 11.8. The molecule has 184 valence electrons. The maximum absolute atomic E-state index is 15.2. The summed E-state index contributed by atoms with van der Waals surface area (Å²) in [5.74, 6) is 0.352. The molecular formula is C24H35BrFN3O4. The summed E-state index contributed by atoms with van der Waals surface area (Å²) in [6, 6.07) is 1.86. The lowest BCUT2D eigenvalue weighted by Crippen LogP contribution is -2.56. The van der Waals surface area contributed by atoms with Gasteiger partial charge in [-0.1, -0.05) is 6.42 Å². The molecule has 3 aliphatic heterocycles. The second-order valence-electron chi connectivity index (χ2n) is 10.1. The Balaban J connectivity index is 1.41. The lowest BCUT2D eigenvalue weighted by molar-refractivity contribution is -0.00164. The molecule has 1 aromatic rings. The van der Waals surface area contributed by atoms with E-state index in [-0.39, 0.29) is 17.9 Å². The number of hydrogen-bond acceptors (Lipinski definition) is 6. The van der Waals surface area contributed by atoms with Crippen molar-refractivity contribution in [2.75, 3.05) is 52.5 Å². The Morgan fingerprint density at radius 1 is 1.21 bits per heavy atom. The normalized spacial score (nSPS) is 22.1. The fourth-order valence-corrected chi connectivity index (χ4v) is 5.04.